The first-order valence-electron chi connectivity index (χ1n) is 9.13. The molecule has 1 aromatic heterocycles. The number of benzene rings is 3. The van der Waals surface area contributed by atoms with Crippen LogP contribution < -0.4 is 10.5 Å². The van der Waals surface area contributed by atoms with Crippen LogP contribution in [0.3, 0.4) is 0 Å². The van der Waals surface area contributed by atoms with Crippen LogP contribution in [0.5, 0.6) is 0 Å². The molecule has 0 aliphatic rings. The van der Waals surface area contributed by atoms with Gasteiger partial charge in [0.15, 0.2) is 0 Å². The number of nitrogens with one attached hydrogen (secondary N) is 1. The van der Waals surface area contributed by atoms with Crippen LogP contribution >= 0.6 is 0 Å². The molecule has 6 heteroatoms. The zero-order valence-electron chi connectivity index (χ0n) is 15.9. The highest BCUT2D eigenvalue weighted by atomic mass is 32.2. The first-order valence-corrected chi connectivity index (χ1v) is 10.6. The summed E-state index contributed by atoms with van der Waals surface area (Å²) in [4.78, 5) is 0.244. The second-order valence-electron chi connectivity index (χ2n) is 7.59. The number of hydrogen-bond donors (Lipinski definition) is 2. The average Bonchev–Trinajstić information content (AvgIpc) is 3.11. The Kier molecular flexibility index (Phi) is 4.40. The largest absolute Gasteiger partial charge is 0.341 e. The Hall–Kier alpha value is -2.83. The Morgan fingerprint density at radius 2 is 1.68 bits per heavy atom. The molecule has 0 fully saturated rings. The van der Waals surface area contributed by atoms with Gasteiger partial charge in [-0.25, -0.2) is 8.42 Å². The first kappa shape index (κ1) is 18.5. The van der Waals surface area contributed by atoms with Gasteiger partial charge >= 0.3 is 0 Å². The summed E-state index contributed by atoms with van der Waals surface area (Å²) >= 11 is 0. The van der Waals surface area contributed by atoms with Crippen molar-refractivity contribution < 1.29 is 8.42 Å². The predicted molar refractivity (Wildman–Crippen MR) is 115 cm³/mol. The molecule has 144 valence electrons. The third-order valence-corrected chi connectivity index (χ3v) is 6.50. The van der Waals surface area contributed by atoms with Crippen molar-refractivity contribution in [1.29, 1.82) is 0 Å². The van der Waals surface area contributed by atoms with E-state index < -0.39 is 10.0 Å². The lowest BCUT2D eigenvalue weighted by molar-refractivity contribution is 0.379. The SMILES string of the molecule is CC(C)(CN)n1ccc2cc(NS(=O)(=O)c3ccc4ccccc4c3)ccc21. The molecular weight excluding hydrogens is 370 g/mol. The van der Waals surface area contributed by atoms with Crippen molar-refractivity contribution in [2.75, 3.05) is 11.3 Å². The predicted octanol–water partition coefficient (Wildman–Crippen LogP) is 4.29. The molecule has 0 amide bonds. The van der Waals surface area contributed by atoms with Crippen molar-refractivity contribution >= 4 is 37.4 Å². The van der Waals surface area contributed by atoms with Gasteiger partial charge in [0.05, 0.1) is 10.4 Å². The molecule has 0 aliphatic heterocycles. The third-order valence-electron chi connectivity index (χ3n) is 5.13. The Balaban J connectivity index is 1.68. The lowest BCUT2D eigenvalue weighted by atomic mass is 10.1. The van der Waals surface area contributed by atoms with Crippen molar-refractivity contribution in [3.05, 3.63) is 72.9 Å². The van der Waals surface area contributed by atoms with Gasteiger partial charge in [-0.2, -0.15) is 0 Å². The average molecular weight is 394 g/mol. The molecule has 0 aliphatic carbocycles. The Bertz CT molecular complexity index is 1270. The Morgan fingerprint density at radius 3 is 2.43 bits per heavy atom. The normalized spacial score (nSPS) is 12.5. The van der Waals surface area contributed by atoms with Crippen molar-refractivity contribution in [2.24, 2.45) is 5.73 Å². The van der Waals surface area contributed by atoms with Gasteiger partial charge in [0.2, 0.25) is 0 Å². The number of anilines is 1. The lowest BCUT2D eigenvalue weighted by Crippen LogP contribution is -2.34. The smallest absolute Gasteiger partial charge is 0.261 e. The number of nitrogens with two attached hydrogens (primary N) is 1. The second kappa shape index (κ2) is 6.65. The highest BCUT2D eigenvalue weighted by molar-refractivity contribution is 7.92. The van der Waals surface area contributed by atoms with E-state index >= 15 is 0 Å². The number of nitrogens with zero attached hydrogens (tertiary/aromatic N) is 1. The van der Waals surface area contributed by atoms with Crippen LogP contribution in [0.25, 0.3) is 21.7 Å². The molecule has 0 unspecified atom stereocenters. The molecule has 0 radical (unpaired) electrons. The molecule has 0 saturated heterocycles. The quantitative estimate of drug-likeness (QED) is 0.531. The van der Waals surface area contributed by atoms with Crippen LogP contribution in [0, 0.1) is 0 Å². The molecule has 0 spiro atoms. The van der Waals surface area contributed by atoms with E-state index in [1.807, 2.05) is 54.7 Å². The molecule has 1 heterocycles. The Morgan fingerprint density at radius 1 is 0.929 bits per heavy atom. The van der Waals surface area contributed by atoms with E-state index in [1.54, 1.807) is 18.2 Å². The molecule has 0 bridgehead atoms. The number of rotatable bonds is 5. The minimum absolute atomic E-state index is 0.214. The standard InChI is InChI=1S/C22H23N3O2S/c1-22(2,15-23)25-12-11-18-13-19(8-10-21(18)25)24-28(26,27)20-9-7-16-5-3-4-6-17(16)14-20/h3-14,24H,15,23H2,1-2H3. The molecule has 4 rings (SSSR count). The summed E-state index contributed by atoms with van der Waals surface area (Å²) in [5, 5.41) is 2.86. The first-order chi connectivity index (χ1) is 13.3. The maximum absolute atomic E-state index is 12.9. The summed E-state index contributed by atoms with van der Waals surface area (Å²) in [5.74, 6) is 0. The summed E-state index contributed by atoms with van der Waals surface area (Å²) in [6, 6.07) is 20.4. The second-order valence-corrected chi connectivity index (χ2v) is 9.27. The Labute approximate surface area is 164 Å². The van der Waals surface area contributed by atoms with E-state index in [0.29, 0.717) is 12.2 Å². The molecule has 3 N–H and O–H groups in total. The van der Waals surface area contributed by atoms with Crippen molar-refractivity contribution in [2.45, 2.75) is 24.3 Å². The van der Waals surface area contributed by atoms with Crippen LogP contribution in [0.4, 0.5) is 5.69 Å². The lowest BCUT2D eigenvalue weighted by Gasteiger charge is -2.26. The molecule has 0 atom stereocenters. The van der Waals surface area contributed by atoms with E-state index in [0.717, 1.165) is 21.7 Å². The van der Waals surface area contributed by atoms with Gasteiger partial charge in [0, 0.05) is 29.3 Å². The fraction of sp³-hybridized carbons (Fsp3) is 0.182. The minimum atomic E-state index is -3.68. The fourth-order valence-corrected chi connectivity index (χ4v) is 4.47. The maximum atomic E-state index is 12.9. The summed E-state index contributed by atoms with van der Waals surface area (Å²) in [6.45, 7) is 4.65. The number of sulfonamides is 1. The molecular formula is C22H23N3O2S. The molecule has 28 heavy (non-hydrogen) atoms. The van der Waals surface area contributed by atoms with Crippen LogP contribution in [0.1, 0.15) is 13.8 Å². The van der Waals surface area contributed by atoms with Crippen molar-refractivity contribution in [1.82, 2.24) is 4.57 Å². The topological polar surface area (TPSA) is 77.1 Å². The zero-order valence-corrected chi connectivity index (χ0v) is 16.7. The van der Waals surface area contributed by atoms with Gasteiger partial charge in [0.25, 0.3) is 10.0 Å². The van der Waals surface area contributed by atoms with Crippen LogP contribution in [0.2, 0.25) is 0 Å². The fourth-order valence-electron chi connectivity index (χ4n) is 3.38. The number of fused-ring (bicyclic) bond motifs is 2. The van der Waals surface area contributed by atoms with E-state index in [-0.39, 0.29) is 10.4 Å². The minimum Gasteiger partial charge on any atom is -0.341 e. The van der Waals surface area contributed by atoms with E-state index in [1.165, 1.54) is 0 Å². The maximum Gasteiger partial charge on any atom is 0.261 e. The third kappa shape index (κ3) is 3.25. The monoisotopic (exact) mass is 393 g/mol. The van der Waals surface area contributed by atoms with Gasteiger partial charge in [-0.3, -0.25) is 4.72 Å². The van der Waals surface area contributed by atoms with Crippen molar-refractivity contribution in [3.63, 3.8) is 0 Å². The number of aromatic nitrogens is 1. The van der Waals surface area contributed by atoms with Crippen LogP contribution in [-0.4, -0.2) is 19.5 Å². The number of hydrogen-bond acceptors (Lipinski definition) is 3. The van der Waals surface area contributed by atoms with Gasteiger partial charge in [0.1, 0.15) is 0 Å². The van der Waals surface area contributed by atoms with E-state index in [9.17, 15) is 8.42 Å². The summed E-state index contributed by atoms with van der Waals surface area (Å²) < 4.78 is 30.5. The van der Waals surface area contributed by atoms with E-state index in [4.69, 9.17) is 5.73 Å². The highest BCUT2D eigenvalue weighted by Gasteiger charge is 2.20. The zero-order chi connectivity index (χ0) is 19.9. The van der Waals surface area contributed by atoms with Crippen LogP contribution in [-0.2, 0) is 15.6 Å². The van der Waals surface area contributed by atoms with Gasteiger partial charge in [-0.15, -0.1) is 0 Å². The highest BCUT2D eigenvalue weighted by Crippen LogP contribution is 2.27. The van der Waals surface area contributed by atoms with Gasteiger partial charge < -0.3 is 10.3 Å². The van der Waals surface area contributed by atoms with E-state index in [2.05, 4.69) is 23.1 Å². The molecule has 4 aromatic rings. The molecule has 0 saturated carbocycles. The summed E-state index contributed by atoms with van der Waals surface area (Å²) in [7, 11) is -3.68. The van der Waals surface area contributed by atoms with Crippen molar-refractivity contribution in [3.8, 4) is 0 Å². The van der Waals surface area contributed by atoms with Gasteiger partial charge in [-0.05, 0) is 61.0 Å². The van der Waals surface area contributed by atoms with Gasteiger partial charge in [-0.1, -0.05) is 30.3 Å². The van der Waals surface area contributed by atoms with Crippen LogP contribution in [0.15, 0.2) is 77.8 Å². The summed E-state index contributed by atoms with van der Waals surface area (Å²) in [6.07, 6.45) is 1.99. The summed E-state index contributed by atoms with van der Waals surface area (Å²) in [5.41, 5.74) is 7.23. The molecule has 3 aromatic carbocycles. The molecule has 5 nitrogen and oxygen atoms in total.